The van der Waals surface area contributed by atoms with Gasteiger partial charge in [-0.3, -0.25) is 23.4 Å². The van der Waals surface area contributed by atoms with Gasteiger partial charge in [-0.2, -0.15) is 5.10 Å². The van der Waals surface area contributed by atoms with Crippen molar-refractivity contribution < 1.29 is 13.6 Å². The molecule has 0 bridgehead atoms. The number of hydrogen-bond acceptors (Lipinski definition) is 5. The third-order valence-corrected chi connectivity index (χ3v) is 6.38. The molecule has 5 rings (SSSR count). The molecule has 3 heterocycles. The smallest absolute Gasteiger partial charge is 0.332 e. The third-order valence-electron chi connectivity index (χ3n) is 6.38. The van der Waals surface area contributed by atoms with Gasteiger partial charge in [0.25, 0.3) is 5.56 Å². The highest BCUT2D eigenvalue weighted by atomic mass is 19.1. The zero-order valence-corrected chi connectivity index (χ0v) is 19.6. The Bertz CT molecular complexity index is 1530. The number of carbonyl (C=O) groups is 1. The summed E-state index contributed by atoms with van der Waals surface area (Å²) in [5.74, 6) is -0.984. The van der Waals surface area contributed by atoms with Crippen molar-refractivity contribution in [2.24, 2.45) is 7.05 Å². The van der Waals surface area contributed by atoms with Crippen LogP contribution in [0.2, 0.25) is 0 Å². The standard InChI is InChI=1S/C25H24F2N6O3/c1-29-15-21-23(28-29)24(35)33(14-17-2-4-18(26)5-3-17)25(36)32(21)16-22(34)31-12-10-30(11-13-31)20-8-6-19(27)7-9-20/h2-9,15H,10-14,16H2,1H3. The lowest BCUT2D eigenvalue weighted by atomic mass is 10.2. The summed E-state index contributed by atoms with van der Waals surface area (Å²) in [4.78, 5) is 43.3. The molecule has 4 aromatic rings. The van der Waals surface area contributed by atoms with Gasteiger partial charge in [0.15, 0.2) is 5.52 Å². The van der Waals surface area contributed by atoms with E-state index in [2.05, 4.69) is 10.00 Å². The first-order valence-electron chi connectivity index (χ1n) is 11.5. The number of nitrogens with zero attached hydrogens (tertiary/aromatic N) is 6. The van der Waals surface area contributed by atoms with Gasteiger partial charge in [-0.1, -0.05) is 12.1 Å². The Morgan fingerprint density at radius 3 is 2.14 bits per heavy atom. The predicted molar refractivity (Wildman–Crippen MR) is 130 cm³/mol. The molecular weight excluding hydrogens is 470 g/mol. The summed E-state index contributed by atoms with van der Waals surface area (Å²) in [5, 5.41) is 4.21. The first-order valence-corrected chi connectivity index (χ1v) is 11.5. The van der Waals surface area contributed by atoms with Crippen molar-refractivity contribution in [1.82, 2.24) is 23.8 Å². The summed E-state index contributed by atoms with van der Waals surface area (Å²) in [7, 11) is 1.63. The van der Waals surface area contributed by atoms with Crippen LogP contribution < -0.4 is 16.1 Å². The minimum atomic E-state index is -0.636. The quantitative estimate of drug-likeness (QED) is 0.421. The number of rotatable bonds is 5. The fourth-order valence-corrected chi connectivity index (χ4v) is 4.46. The number of fused-ring (bicyclic) bond motifs is 1. The second-order valence-electron chi connectivity index (χ2n) is 8.77. The van der Waals surface area contributed by atoms with E-state index >= 15 is 0 Å². The van der Waals surface area contributed by atoms with E-state index in [1.807, 2.05) is 0 Å². The number of aromatic nitrogens is 4. The molecule has 1 saturated heterocycles. The molecule has 2 aromatic carbocycles. The lowest BCUT2D eigenvalue weighted by Crippen LogP contribution is -2.50. The van der Waals surface area contributed by atoms with Gasteiger partial charge in [-0.05, 0) is 42.0 Å². The van der Waals surface area contributed by atoms with E-state index in [0.717, 1.165) is 10.3 Å². The topological polar surface area (TPSA) is 85.4 Å². The first kappa shape index (κ1) is 23.5. The van der Waals surface area contributed by atoms with E-state index in [9.17, 15) is 23.2 Å². The summed E-state index contributed by atoms with van der Waals surface area (Å²) < 4.78 is 30.2. The molecule has 186 valence electrons. The van der Waals surface area contributed by atoms with Crippen molar-refractivity contribution in [3.63, 3.8) is 0 Å². The van der Waals surface area contributed by atoms with Gasteiger partial charge in [0.1, 0.15) is 18.2 Å². The van der Waals surface area contributed by atoms with E-state index in [4.69, 9.17) is 0 Å². The summed E-state index contributed by atoms with van der Waals surface area (Å²) in [6.07, 6.45) is 1.54. The maximum absolute atomic E-state index is 13.4. The minimum absolute atomic E-state index is 0.0744. The average molecular weight is 495 g/mol. The number of halogens is 2. The maximum atomic E-state index is 13.4. The summed E-state index contributed by atoms with van der Waals surface area (Å²) in [6, 6.07) is 11.7. The number of carbonyl (C=O) groups excluding carboxylic acids is 1. The van der Waals surface area contributed by atoms with Crippen molar-refractivity contribution in [2.45, 2.75) is 13.1 Å². The zero-order chi connectivity index (χ0) is 25.4. The van der Waals surface area contributed by atoms with Crippen LogP contribution in [0.25, 0.3) is 11.0 Å². The molecular formula is C25H24F2N6O3. The number of hydrogen-bond donors (Lipinski definition) is 0. The Balaban J connectivity index is 1.40. The molecule has 0 saturated carbocycles. The Hall–Kier alpha value is -4.28. The Morgan fingerprint density at radius 1 is 0.889 bits per heavy atom. The van der Waals surface area contributed by atoms with Crippen molar-refractivity contribution >= 4 is 22.6 Å². The van der Waals surface area contributed by atoms with Crippen molar-refractivity contribution in [1.29, 1.82) is 0 Å². The molecule has 1 aliphatic heterocycles. The van der Waals surface area contributed by atoms with Crippen LogP contribution in [0.5, 0.6) is 0 Å². The van der Waals surface area contributed by atoms with Crippen LogP contribution in [0, 0.1) is 11.6 Å². The molecule has 0 unspecified atom stereocenters. The van der Waals surface area contributed by atoms with Gasteiger partial charge in [0, 0.05) is 45.1 Å². The number of aryl methyl sites for hydroxylation is 1. The van der Waals surface area contributed by atoms with Crippen LogP contribution >= 0.6 is 0 Å². The van der Waals surface area contributed by atoms with Gasteiger partial charge < -0.3 is 9.80 Å². The van der Waals surface area contributed by atoms with Crippen molar-refractivity contribution in [3.8, 4) is 0 Å². The van der Waals surface area contributed by atoms with Gasteiger partial charge in [0.05, 0.1) is 12.1 Å². The first-order chi connectivity index (χ1) is 17.3. The van der Waals surface area contributed by atoms with E-state index in [1.54, 1.807) is 30.3 Å². The molecule has 0 radical (unpaired) electrons. The molecule has 1 aliphatic rings. The van der Waals surface area contributed by atoms with Crippen LogP contribution in [0.15, 0.2) is 64.3 Å². The number of amides is 1. The highest BCUT2D eigenvalue weighted by Gasteiger charge is 2.24. The van der Waals surface area contributed by atoms with Crippen molar-refractivity contribution in [3.05, 3.63) is 92.8 Å². The van der Waals surface area contributed by atoms with Crippen LogP contribution in [-0.4, -0.2) is 55.9 Å². The Morgan fingerprint density at radius 2 is 1.50 bits per heavy atom. The molecule has 0 N–H and O–H groups in total. The predicted octanol–water partition coefficient (Wildman–Crippen LogP) is 1.57. The fourth-order valence-electron chi connectivity index (χ4n) is 4.46. The van der Waals surface area contributed by atoms with E-state index in [0.29, 0.717) is 31.7 Å². The largest absolute Gasteiger partial charge is 0.368 e. The van der Waals surface area contributed by atoms with E-state index in [-0.39, 0.29) is 35.8 Å². The number of piperazine rings is 1. The molecule has 11 heteroatoms. The van der Waals surface area contributed by atoms with Crippen LogP contribution in [-0.2, 0) is 24.9 Å². The molecule has 9 nitrogen and oxygen atoms in total. The third kappa shape index (κ3) is 4.51. The monoisotopic (exact) mass is 494 g/mol. The summed E-state index contributed by atoms with van der Waals surface area (Å²) in [6.45, 7) is 1.69. The van der Waals surface area contributed by atoms with Crippen LogP contribution in [0.1, 0.15) is 5.56 Å². The fraction of sp³-hybridized carbons (Fsp3) is 0.280. The lowest BCUT2D eigenvalue weighted by Gasteiger charge is -2.36. The Kier molecular flexibility index (Phi) is 6.13. The average Bonchev–Trinajstić information content (AvgIpc) is 3.27. The van der Waals surface area contributed by atoms with Gasteiger partial charge >= 0.3 is 5.69 Å². The number of anilines is 1. The molecule has 0 atom stereocenters. The molecule has 2 aromatic heterocycles. The molecule has 0 spiro atoms. The molecule has 0 aliphatic carbocycles. The van der Waals surface area contributed by atoms with Gasteiger partial charge in [0.2, 0.25) is 5.91 Å². The summed E-state index contributed by atoms with van der Waals surface area (Å²) >= 11 is 0. The normalized spacial score (nSPS) is 14.0. The molecule has 1 amide bonds. The van der Waals surface area contributed by atoms with E-state index < -0.39 is 17.1 Å². The lowest BCUT2D eigenvalue weighted by molar-refractivity contribution is -0.132. The molecule has 1 fully saturated rings. The summed E-state index contributed by atoms with van der Waals surface area (Å²) in [5.41, 5.74) is 0.597. The second kappa shape index (κ2) is 9.40. The van der Waals surface area contributed by atoms with E-state index in [1.165, 1.54) is 45.6 Å². The second-order valence-corrected chi connectivity index (χ2v) is 8.77. The van der Waals surface area contributed by atoms with Crippen molar-refractivity contribution in [2.75, 3.05) is 31.1 Å². The Labute approximate surface area is 204 Å². The number of benzene rings is 2. The minimum Gasteiger partial charge on any atom is -0.368 e. The van der Waals surface area contributed by atoms with Gasteiger partial charge in [-0.25, -0.2) is 13.6 Å². The van der Waals surface area contributed by atoms with Crippen LogP contribution in [0.4, 0.5) is 14.5 Å². The van der Waals surface area contributed by atoms with Gasteiger partial charge in [-0.15, -0.1) is 0 Å². The molecule has 36 heavy (non-hydrogen) atoms. The maximum Gasteiger partial charge on any atom is 0.332 e. The highest BCUT2D eigenvalue weighted by Crippen LogP contribution is 2.17. The van der Waals surface area contributed by atoms with Crippen LogP contribution in [0.3, 0.4) is 0 Å². The zero-order valence-electron chi connectivity index (χ0n) is 19.6. The SMILES string of the molecule is Cn1cc2c(n1)c(=O)n(Cc1ccc(F)cc1)c(=O)n2CC(=O)N1CCN(c2ccc(F)cc2)CC1. The highest BCUT2D eigenvalue weighted by molar-refractivity contribution is 5.80.